The Morgan fingerprint density at radius 3 is 2.68 bits per heavy atom. The maximum absolute atomic E-state index is 12.4. The minimum atomic E-state index is -0.0562. The van der Waals surface area contributed by atoms with Crippen LogP contribution < -0.4 is 5.32 Å². The second kappa shape index (κ2) is 7.51. The molecular weight excluding hydrogens is 300 g/mol. The molecule has 0 atom stereocenters. The summed E-state index contributed by atoms with van der Waals surface area (Å²) in [4.78, 5) is 12.4. The van der Waals surface area contributed by atoms with Crippen LogP contribution in [0.4, 0.5) is 0 Å². The van der Waals surface area contributed by atoms with Gasteiger partial charge in [0.05, 0.1) is 5.56 Å². The van der Waals surface area contributed by atoms with Gasteiger partial charge in [-0.15, -0.1) is 0 Å². The quantitative estimate of drug-likeness (QED) is 0.919. The summed E-state index contributed by atoms with van der Waals surface area (Å²) < 4.78 is 7.36. The standard InChI is InChI=1S/C17H25ClN2O2/c18-16-15(17(21)19-14-7-10-22-11-8-14)6-9-20(16)12-13-4-2-1-3-5-13/h6,9,13-14H,1-5,7-8,10-12H2,(H,19,21). The molecule has 1 aromatic rings. The van der Waals surface area contributed by atoms with E-state index in [1.165, 1.54) is 32.1 Å². The van der Waals surface area contributed by atoms with Crippen molar-refractivity contribution in [1.29, 1.82) is 0 Å². The predicted molar refractivity (Wildman–Crippen MR) is 87.3 cm³/mol. The molecule has 3 rings (SSSR count). The SMILES string of the molecule is O=C(NC1CCOCC1)c1ccn(CC2CCCCC2)c1Cl. The average Bonchev–Trinajstić information content (AvgIpc) is 2.90. The van der Waals surface area contributed by atoms with Crippen LogP contribution in [-0.2, 0) is 11.3 Å². The maximum atomic E-state index is 12.4. The number of aromatic nitrogens is 1. The summed E-state index contributed by atoms with van der Waals surface area (Å²) >= 11 is 6.43. The molecule has 1 saturated carbocycles. The van der Waals surface area contributed by atoms with Crippen molar-refractivity contribution in [2.45, 2.75) is 57.5 Å². The van der Waals surface area contributed by atoms with Crippen molar-refractivity contribution in [2.24, 2.45) is 5.92 Å². The van der Waals surface area contributed by atoms with Gasteiger partial charge in [0.15, 0.2) is 0 Å². The first kappa shape index (κ1) is 15.9. The molecule has 5 heteroatoms. The van der Waals surface area contributed by atoms with Crippen LogP contribution in [0.3, 0.4) is 0 Å². The van der Waals surface area contributed by atoms with Crippen LogP contribution in [0.5, 0.6) is 0 Å². The molecule has 0 spiro atoms. The minimum absolute atomic E-state index is 0.0562. The molecule has 0 bridgehead atoms. The Labute approximate surface area is 137 Å². The van der Waals surface area contributed by atoms with E-state index in [2.05, 4.69) is 5.32 Å². The van der Waals surface area contributed by atoms with Crippen molar-refractivity contribution in [3.8, 4) is 0 Å². The summed E-state index contributed by atoms with van der Waals surface area (Å²) in [6, 6.07) is 2.05. The molecule has 2 fully saturated rings. The molecule has 1 aliphatic carbocycles. The Morgan fingerprint density at radius 2 is 1.95 bits per heavy atom. The number of carbonyl (C=O) groups is 1. The number of hydrogen-bond acceptors (Lipinski definition) is 2. The van der Waals surface area contributed by atoms with E-state index in [9.17, 15) is 4.79 Å². The van der Waals surface area contributed by atoms with Gasteiger partial charge in [0, 0.05) is 32.0 Å². The van der Waals surface area contributed by atoms with Gasteiger partial charge < -0.3 is 14.6 Å². The maximum Gasteiger partial charge on any atom is 0.254 e. The zero-order chi connectivity index (χ0) is 15.4. The van der Waals surface area contributed by atoms with E-state index >= 15 is 0 Å². The second-order valence-electron chi connectivity index (χ2n) is 6.54. The van der Waals surface area contributed by atoms with Crippen molar-refractivity contribution in [3.05, 3.63) is 23.0 Å². The van der Waals surface area contributed by atoms with Gasteiger partial charge in [-0.05, 0) is 37.7 Å². The first-order valence-electron chi connectivity index (χ1n) is 8.47. The highest BCUT2D eigenvalue weighted by Crippen LogP contribution is 2.27. The molecule has 1 amide bonds. The van der Waals surface area contributed by atoms with E-state index in [-0.39, 0.29) is 11.9 Å². The van der Waals surface area contributed by atoms with Gasteiger partial charge in [-0.3, -0.25) is 4.79 Å². The number of amides is 1. The van der Waals surface area contributed by atoms with Crippen molar-refractivity contribution in [1.82, 2.24) is 9.88 Å². The van der Waals surface area contributed by atoms with E-state index in [0.717, 1.165) is 32.6 Å². The Morgan fingerprint density at radius 1 is 1.23 bits per heavy atom. The highest BCUT2D eigenvalue weighted by Gasteiger charge is 2.21. The normalized spacial score (nSPS) is 21.0. The number of halogens is 1. The van der Waals surface area contributed by atoms with E-state index in [4.69, 9.17) is 16.3 Å². The molecule has 1 saturated heterocycles. The molecule has 122 valence electrons. The minimum Gasteiger partial charge on any atom is -0.381 e. The fraction of sp³-hybridized carbons (Fsp3) is 0.706. The van der Waals surface area contributed by atoms with E-state index in [1.54, 1.807) is 0 Å². The van der Waals surface area contributed by atoms with E-state index in [0.29, 0.717) is 16.6 Å². The van der Waals surface area contributed by atoms with Crippen molar-refractivity contribution >= 4 is 17.5 Å². The fourth-order valence-electron chi connectivity index (χ4n) is 3.52. The molecule has 2 heterocycles. The van der Waals surface area contributed by atoms with Gasteiger partial charge in [-0.25, -0.2) is 0 Å². The van der Waals surface area contributed by atoms with Crippen LogP contribution in [0.2, 0.25) is 5.15 Å². The Bertz CT molecular complexity index is 503. The number of ether oxygens (including phenoxy) is 1. The Balaban J connectivity index is 1.60. The van der Waals surface area contributed by atoms with Crippen LogP contribution >= 0.6 is 11.6 Å². The van der Waals surface area contributed by atoms with Crippen molar-refractivity contribution in [2.75, 3.05) is 13.2 Å². The topological polar surface area (TPSA) is 43.3 Å². The summed E-state index contributed by atoms with van der Waals surface area (Å²) in [6.07, 6.45) is 10.3. The van der Waals surface area contributed by atoms with E-state index in [1.807, 2.05) is 16.8 Å². The lowest BCUT2D eigenvalue weighted by molar-refractivity contribution is 0.0696. The fourth-order valence-corrected chi connectivity index (χ4v) is 3.79. The van der Waals surface area contributed by atoms with Crippen LogP contribution in [0.15, 0.2) is 12.3 Å². The van der Waals surface area contributed by atoms with Crippen molar-refractivity contribution in [3.63, 3.8) is 0 Å². The summed E-state index contributed by atoms with van der Waals surface area (Å²) in [6.45, 7) is 2.38. The Hall–Kier alpha value is -1.00. The van der Waals surface area contributed by atoms with Gasteiger partial charge in [0.25, 0.3) is 5.91 Å². The first-order chi connectivity index (χ1) is 10.7. The van der Waals surface area contributed by atoms with Crippen LogP contribution in [0.1, 0.15) is 55.3 Å². The Kier molecular flexibility index (Phi) is 5.42. The monoisotopic (exact) mass is 324 g/mol. The largest absolute Gasteiger partial charge is 0.381 e. The molecule has 0 unspecified atom stereocenters. The number of nitrogens with one attached hydrogen (secondary N) is 1. The molecule has 1 N–H and O–H groups in total. The zero-order valence-electron chi connectivity index (χ0n) is 13.0. The van der Waals surface area contributed by atoms with Crippen LogP contribution in [0, 0.1) is 5.92 Å². The first-order valence-corrected chi connectivity index (χ1v) is 8.85. The lowest BCUT2D eigenvalue weighted by atomic mass is 9.89. The van der Waals surface area contributed by atoms with Gasteiger partial charge in [-0.2, -0.15) is 0 Å². The summed E-state index contributed by atoms with van der Waals surface area (Å²) in [5.74, 6) is 0.643. The summed E-state index contributed by atoms with van der Waals surface area (Å²) in [5.41, 5.74) is 0.601. The molecule has 1 aromatic heterocycles. The summed E-state index contributed by atoms with van der Waals surface area (Å²) in [5, 5.41) is 3.66. The van der Waals surface area contributed by atoms with E-state index < -0.39 is 0 Å². The number of rotatable bonds is 4. The summed E-state index contributed by atoms with van der Waals surface area (Å²) in [7, 11) is 0. The lowest BCUT2D eigenvalue weighted by Gasteiger charge is -2.23. The molecule has 22 heavy (non-hydrogen) atoms. The van der Waals surface area contributed by atoms with Crippen molar-refractivity contribution < 1.29 is 9.53 Å². The zero-order valence-corrected chi connectivity index (χ0v) is 13.8. The third kappa shape index (κ3) is 3.85. The molecular formula is C17H25ClN2O2. The second-order valence-corrected chi connectivity index (χ2v) is 6.89. The lowest BCUT2D eigenvalue weighted by Crippen LogP contribution is -2.38. The van der Waals surface area contributed by atoms with Gasteiger partial charge in [0.1, 0.15) is 5.15 Å². The van der Waals surface area contributed by atoms with Gasteiger partial charge in [0.2, 0.25) is 0 Å². The highest BCUT2D eigenvalue weighted by atomic mass is 35.5. The molecule has 1 aliphatic heterocycles. The number of carbonyl (C=O) groups excluding carboxylic acids is 1. The molecule has 4 nitrogen and oxygen atoms in total. The smallest absolute Gasteiger partial charge is 0.254 e. The van der Waals surface area contributed by atoms with Crippen LogP contribution in [-0.4, -0.2) is 29.7 Å². The highest BCUT2D eigenvalue weighted by molar-refractivity contribution is 6.33. The molecule has 0 aromatic carbocycles. The van der Waals surface area contributed by atoms with Gasteiger partial charge >= 0.3 is 0 Å². The molecule has 0 radical (unpaired) electrons. The average molecular weight is 325 g/mol. The number of hydrogen-bond donors (Lipinski definition) is 1. The third-order valence-corrected chi connectivity index (χ3v) is 5.30. The predicted octanol–water partition coefficient (Wildman–Crippen LogP) is 3.63. The van der Waals surface area contributed by atoms with Gasteiger partial charge in [-0.1, -0.05) is 30.9 Å². The van der Waals surface area contributed by atoms with Crippen LogP contribution in [0.25, 0.3) is 0 Å². The molecule has 2 aliphatic rings. The third-order valence-electron chi connectivity index (χ3n) is 4.88. The number of nitrogens with zero attached hydrogens (tertiary/aromatic N) is 1.